The van der Waals surface area contributed by atoms with Crippen LogP contribution in [0.3, 0.4) is 0 Å². The molecule has 7 nitrogen and oxygen atoms in total. The van der Waals surface area contributed by atoms with E-state index in [2.05, 4.69) is 58.3 Å². The first-order valence-electron chi connectivity index (χ1n) is 7.39. The number of hydrogen-bond acceptors (Lipinski definition) is 7. The Morgan fingerprint density at radius 2 is 1.60 bits per heavy atom. The molecule has 0 radical (unpaired) electrons. The lowest BCUT2D eigenvalue weighted by atomic mass is 10.0. The van der Waals surface area contributed by atoms with E-state index in [4.69, 9.17) is 5.84 Å². The minimum absolute atomic E-state index is 0.383. The molecule has 4 N–H and O–H groups in total. The molecule has 0 aromatic carbocycles. The fourth-order valence-electron chi connectivity index (χ4n) is 1.97. The Balaban J connectivity index is 2.87. The molecular formula is C13H27N7. The number of nitrogens with zero attached hydrogens (tertiary/aromatic N) is 4. The molecule has 7 heteroatoms. The van der Waals surface area contributed by atoms with E-state index < -0.39 is 0 Å². The third-order valence-corrected chi connectivity index (χ3v) is 3.50. The second-order valence-electron chi connectivity index (χ2n) is 4.66. The van der Waals surface area contributed by atoms with Crippen molar-refractivity contribution in [2.75, 3.05) is 35.3 Å². The van der Waals surface area contributed by atoms with Crippen LogP contribution in [0.2, 0.25) is 0 Å². The van der Waals surface area contributed by atoms with Crippen molar-refractivity contribution in [3.8, 4) is 0 Å². The maximum atomic E-state index is 5.43. The lowest BCUT2D eigenvalue weighted by Gasteiger charge is -2.20. The largest absolute Gasteiger partial charge is 0.354 e. The Labute approximate surface area is 121 Å². The van der Waals surface area contributed by atoms with Crippen LogP contribution < -0.4 is 21.5 Å². The van der Waals surface area contributed by atoms with Crippen LogP contribution in [0.15, 0.2) is 0 Å². The van der Waals surface area contributed by atoms with Crippen LogP contribution in [0.1, 0.15) is 40.5 Å². The van der Waals surface area contributed by atoms with Gasteiger partial charge < -0.3 is 10.2 Å². The number of anilines is 3. The van der Waals surface area contributed by atoms with E-state index in [-0.39, 0.29) is 0 Å². The van der Waals surface area contributed by atoms with Crippen molar-refractivity contribution in [2.45, 2.75) is 40.5 Å². The molecule has 1 rings (SSSR count). The lowest BCUT2D eigenvalue weighted by Crippen LogP contribution is -2.26. The second-order valence-corrected chi connectivity index (χ2v) is 4.66. The van der Waals surface area contributed by atoms with Gasteiger partial charge in [-0.15, -0.1) is 0 Å². The van der Waals surface area contributed by atoms with Gasteiger partial charge in [-0.1, -0.05) is 26.7 Å². The maximum Gasteiger partial charge on any atom is 0.243 e. The zero-order chi connectivity index (χ0) is 15.0. The molecule has 1 heterocycles. The first kappa shape index (κ1) is 16.4. The molecule has 0 saturated heterocycles. The van der Waals surface area contributed by atoms with Crippen molar-refractivity contribution in [1.29, 1.82) is 0 Å². The van der Waals surface area contributed by atoms with Crippen LogP contribution in [-0.4, -0.2) is 34.6 Å². The van der Waals surface area contributed by atoms with Crippen molar-refractivity contribution < 1.29 is 0 Å². The summed E-state index contributed by atoms with van der Waals surface area (Å²) in [4.78, 5) is 15.1. The van der Waals surface area contributed by atoms with Gasteiger partial charge in [-0.2, -0.15) is 15.0 Å². The van der Waals surface area contributed by atoms with E-state index in [9.17, 15) is 0 Å². The molecule has 0 aliphatic rings. The van der Waals surface area contributed by atoms with E-state index in [1.807, 2.05) is 0 Å². The van der Waals surface area contributed by atoms with Gasteiger partial charge in [0.05, 0.1) is 0 Å². The maximum absolute atomic E-state index is 5.43. The van der Waals surface area contributed by atoms with Crippen LogP contribution in [0.25, 0.3) is 0 Å². The molecule has 0 aliphatic carbocycles. The van der Waals surface area contributed by atoms with Crippen LogP contribution >= 0.6 is 0 Å². The van der Waals surface area contributed by atoms with E-state index in [1.165, 1.54) is 0 Å². The van der Waals surface area contributed by atoms with Crippen molar-refractivity contribution >= 4 is 17.8 Å². The Morgan fingerprint density at radius 3 is 2.10 bits per heavy atom. The predicted octanol–water partition coefficient (Wildman–Crippen LogP) is 1.85. The fourth-order valence-corrected chi connectivity index (χ4v) is 1.97. The highest BCUT2D eigenvalue weighted by atomic mass is 15.4. The molecule has 0 saturated carbocycles. The van der Waals surface area contributed by atoms with E-state index in [0.29, 0.717) is 23.8 Å². The van der Waals surface area contributed by atoms with E-state index >= 15 is 0 Å². The smallest absolute Gasteiger partial charge is 0.243 e. The van der Waals surface area contributed by atoms with Gasteiger partial charge in [0, 0.05) is 19.6 Å². The summed E-state index contributed by atoms with van der Waals surface area (Å²) < 4.78 is 0. The molecule has 0 atom stereocenters. The van der Waals surface area contributed by atoms with Gasteiger partial charge in [0.2, 0.25) is 17.8 Å². The fraction of sp³-hybridized carbons (Fsp3) is 0.769. The molecule has 0 fully saturated rings. The second kappa shape index (κ2) is 8.52. The standard InChI is InChI=1S/C13H27N7/c1-5-10(6-2)9-15-11-16-12(19-14)18-13(17-11)20(7-3)8-4/h10H,5-9,14H2,1-4H3,(H2,15,16,17,18,19). The average molecular weight is 281 g/mol. The summed E-state index contributed by atoms with van der Waals surface area (Å²) in [5, 5.41) is 3.28. The summed E-state index contributed by atoms with van der Waals surface area (Å²) in [6.07, 6.45) is 2.28. The Hall–Kier alpha value is -1.63. The molecular weight excluding hydrogens is 254 g/mol. The van der Waals surface area contributed by atoms with E-state index in [1.54, 1.807) is 0 Å². The van der Waals surface area contributed by atoms with Gasteiger partial charge in [-0.25, -0.2) is 5.84 Å². The van der Waals surface area contributed by atoms with Gasteiger partial charge in [0.1, 0.15) is 0 Å². The van der Waals surface area contributed by atoms with Crippen LogP contribution in [0.5, 0.6) is 0 Å². The van der Waals surface area contributed by atoms with Crippen molar-refractivity contribution in [3.63, 3.8) is 0 Å². The SMILES string of the molecule is CCC(CC)CNc1nc(NN)nc(N(CC)CC)n1. The minimum atomic E-state index is 0.383. The number of aromatic nitrogens is 3. The predicted molar refractivity (Wildman–Crippen MR) is 83.8 cm³/mol. The number of nitrogen functional groups attached to an aromatic ring is 1. The van der Waals surface area contributed by atoms with Crippen LogP contribution in [-0.2, 0) is 0 Å². The monoisotopic (exact) mass is 281 g/mol. The quantitative estimate of drug-likeness (QED) is 0.470. The minimum Gasteiger partial charge on any atom is -0.354 e. The van der Waals surface area contributed by atoms with Gasteiger partial charge in [0.15, 0.2) is 0 Å². The number of hydrogen-bond donors (Lipinski definition) is 3. The first-order valence-corrected chi connectivity index (χ1v) is 7.39. The number of nitrogens with two attached hydrogens (primary N) is 1. The third kappa shape index (κ3) is 4.48. The van der Waals surface area contributed by atoms with Gasteiger partial charge >= 0.3 is 0 Å². The molecule has 20 heavy (non-hydrogen) atoms. The van der Waals surface area contributed by atoms with Crippen LogP contribution in [0, 0.1) is 5.92 Å². The van der Waals surface area contributed by atoms with Crippen molar-refractivity contribution in [2.24, 2.45) is 11.8 Å². The summed E-state index contributed by atoms with van der Waals surface area (Å²) in [7, 11) is 0. The lowest BCUT2D eigenvalue weighted by molar-refractivity contribution is 0.517. The highest BCUT2D eigenvalue weighted by Gasteiger charge is 2.11. The number of nitrogens with one attached hydrogen (secondary N) is 2. The molecule has 0 aliphatic heterocycles. The zero-order valence-corrected chi connectivity index (χ0v) is 13.0. The normalized spacial score (nSPS) is 10.7. The summed E-state index contributed by atoms with van der Waals surface area (Å²) >= 11 is 0. The third-order valence-electron chi connectivity index (χ3n) is 3.50. The molecule has 114 valence electrons. The molecule has 0 unspecified atom stereocenters. The highest BCUT2D eigenvalue weighted by Crippen LogP contribution is 2.14. The van der Waals surface area contributed by atoms with Crippen molar-refractivity contribution in [3.05, 3.63) is 0 Å². The zero-order valence-electron chi connectivity index (χ0n) is 13.0. The Morgan fingerprint density at radius 1 is 1.00 bits per heavy atom. The van der Waals surface area contributed by atoms with Crippen LogP contribution in [0.4, 0.5) is 17.8 Å². The Bertz CT molecular complexity index is 388. The van der Waals surface area contributed by atoms with Gasteiger partial charge in [-0.05, 0) is 19.8 Å². The summed E-state index contributed by atoms with van der Waals surface area (Å²) in [5.74, 6) is 7.65. The number of hydrazine groups is 1. The van der Waals surface area contributed by atoms with Gasteiger partial charge in [0.25, 0.3) is 0 Å². The van der Waals surface area contributed by atoms with Gasteiger partial charge in [-0.3, -0.25) is 5.43 Å². The Kier molecular flexibility index (Phi) is 7.00. The first-order chi connectivity index (χ1) is 9.68. The van der Waals surface area contributed by atoms with E-state index in [0.717, 1.165) is 32.5 Å². The van der Waals surface area contributed by atoms with Crippen molar-refractivity contribution in [1.82, 2.24) is 15.0 Å². The topological polar surface area (TPSA) is 92.0 Å². The highest BCUT2D eigenvalue weighted by molar-refractivity contribution is 5.43. The molecule has 0 bridgehead atoms. The summed E-state index contributed by atoms with van der Waals surface area (Å²) in [6.45, 7) is 11.1. The summed E-state index contributed by atoms with van der Waals surface area (Å²) in [5.41, 5.74) is 2.50. The molecule has 0 spiro atoms. The molecule has 0 amide bonds. The molecule has 1 aromatic heterocycles. The summed E-state index contributed by atoms with van der Waals surface area (Å²) in [6, 6.07) is 0. The number of rotatable bonds is 9. The molecule has 1 aromatic rings. The average Bonchev–Trinajstić information content (AvgIpc) is 2.49.